The number of hydrogen-bond donors (Lipinski definition) is 1. The van der Waals surface area contributed by atoms with E-state index in [1.807, 2.05) is 30.1 Å². The maximum absolute atomic E-state index is 6.22. The van der Waals surface area contributed by atoms with E-state index in [-0.39, 0.29) is 6.04 Å². The van der Waals surface area contributed by atoms with Crippen LogP contribution in [-0.2, 0) is 13.5 Å². The fraction of sp³-hybridized carbons (Fsp3) is 0.400. The maximum atomic E-state index is 6.22. The lowest BCUT2D eigenvalue weighted by Crippen LogP contribution is -2.23. The lowest BCUT2D eigenvalue weighted by Gasteiger charge is -2.20. The van der Waals surface area contributed by atoms with Crippen molar-refractivity contribution in [2.24, 2.45) is 7.05 Å². The van der Waals surface area contributed by atoms with Gasteiger partial charge in [-0.3, -0.25) is 4.68 Å². The zero-order valence-corrected chi connectivity index (χ0v) is 12.4. The van der Waals surface area contributed by atoms with Gasteiger partial charge in [-0.15, -0.1) is 0 Å². The summed E-state index contributed by atoms with van der Waals surface area (Å²) in [6, 6.07) is 6.37. The van der Waals surface area contributed by atoms with Gasteiger partial charge in [0.1, 0.15) is 0 Å². The number of nitrogens with one attached hydrogen (secondary N) is 1. The van der Waals surface area contributed by atoms with Gasteiger partial charge in [-0.25, -0.2) is 0 Å². The number of aromatic nitrogens is 2. The number of hydrogen-bond acceptors (Lipinski definition) is 2. The predicted molar refractivity (Wildman–Crippen MR) is 79.5 cm³/mol. The van der Waals surface area contributed by atoms with Crippen LogP contribution < -0.4 is 5.32 Å². The molecular weight excluding hydrogens is 258 g/mol. The van der Waals surface area contributed by atoms with Gasteiger partial charge in [0.05, 0.1) is 6.20 Å². The monoisotopic (exact) mass is 277 g/mol. The average molecular weight is 278 g/mol. The standard InChI is InChI=1S/C15H20ClN3/c1-4-17-15(8-12-9-18-19(3)10-12)13-6-5-7-14(16)11(13)2/h5-7,9-10,15,17H,4,8H2,1-3H3. The van der Waals surface area contributed by atoms with Crippen LogP contribution >= 0.6 is 11.6 Å². The van der Waals surface area contributed by atoms with E-state index in [1.54, 1.807) is 0 Å². The lowest BCUT2D eigenvalue weighted by molar-refractivity contribution is 0.547. The van der Waals surface area contributed by atoms with E-state index in [0.29, 0.717) is 0 Å². The van der Waals surface area contributed by atoms with E-state index >= 15 is 0 Å². The molecule has 2 rings (SSSR count). The summed E-state index contributed by atoms with van der Waals surface area (Å²) in [6.45, 7) is 5.12. The minimum Gasteiger partial charge on any atom is -0.310 e. The maximum Gasteiger partial charge on any atom is 0.0522 e. The van der Waals surface area contributed by atoms with Gasteiger partial charge >= 0.3 is 0 Å². The second-order valence-electron chi connectivity index (χ2n) is 4.79. The molecule has 0 aliphatic carbocycles. The van der Waals surface area contributed by atoms with Crippen molar-refractivity contribution in [3.8, 4) is 0 Å². The molecule has 19 heavy (non-hydrogen) atoms. The molecule has 0 bridgehead atoms. The van der Waals surface area contributed by atoms with E-state index < -0.39 is 0 Å². The van der Waals surface area contributed by atoms with Gasteiger partial charge in [0.2, 0.25) is 0 Å². The molecule has 0 saturated carbocycles. The average Bonchev–Trinajstić information content (AvgIpc) is 2.78. The van der Waals surface area contributed by atoms with E-state index in [4.69, 9.17) is 11.6 Å². The van der Waals surface area contributed by atoms with Crippen molar-refractivity contribution in [1.82, 2.24) is 15.1 Å². The molecule has 1 atom stereocenters. The Morgan fingerprint density at radius 1 is 1.42 bits per heavy atom. The Kier molecular flexibility index (Phi) is 4.61. The summed E-state index contributed by atoms with van der Waals surface area (Å²) >= 11 is 6.22. The van der Waals surface area contributed by atoms with Crippen molar-refractivity contribution in [1.29, 1.82) is 0 Å². The molecule has 0 spiro atoms. The summed E-state index contributed by atoms with van der Waals surface area (Å²) in [7, 11) is 1.94. The molecule has 0 fully saturated rings. The SMILES string of the molecule is CCNC(Cc1cnn(C)c1)c1cccc(Cl)c1C. The molecule has 1 unspecified atom stereocenters. The highest BCUT2D eigenvalue weighted by atomic mass is 35.5. The molecule has 4 heteroatoms. The molecule has 1 aromatic carbocycles. The summed E-state index contributed by atoms with van der Waals surface area (Å²) in [6.07, 6.45) is 4.90. The summed E-state index contributed by atoms with van der Waals surface area (Å²) in [4.78, 5) is 0. The van der Waals surface area contributed by atoms with Crippen molar-refractivity contribution < 1.29 is 0 Å². The summed E-state index contributed by atoms with van der Waals surface area (Å²) in [5.74, 6) is 0. The number of nitrogens with zero attached hydrogens (tertiary/aromatic N) is 2. The van der Waals surface area contributed by atoms with Crippen LogP contribution in [-0.4, -0.2) is 16.3 Å². The van der Waals surface area contributed by atoms with E-state index in [2.05, 4.69) is 36.5 Å². The largest absolute Gasteiger partial charge is 0.310 e. The van der Waals surface area contributed by atoms with Crippen LogP contribution in [0.15, 0.2) is 30.6 Å². The lowest BCUT2D eigenvalue weighted by atomic mass is 9.96. The number of benzene rings is 1. The second-order valence-corrected chi connectivity index (χ2v) is 5.20. The molecule has 1 heterocycles. The van der Waals surface area contributed by atoms with Crippen LogP contribution in [0.1, 0.15) is 29.7 Å². The van der Waals surface area contributed by atoms with Crippen molar-refractivity contribution >= 4 is 11.6 Å². The third-order valence-electron chi connectivity index (χ3n) is 3.33. The molecule has 1 N–H and O–H groups in total. The molecule has 0 radical (unpaired) electrons. The van der Waals surface area contributed by atoms with Crippen molar-refractivity contribution in [3.63, 3.8) is 0 Å². The van der Waals surface area contributed by atoms with Gasteiger partial charge in [0.15, 0.2) is 0 Å². The Hall–Kier alpha value is -1.32. The van der Waals surface area contributed by atoms with Gasteiger partial charge in [0.25, 0.3) is 0 Å². The molecule has 102 valence electrons. The number of halogens is 1. The predicted octanol–water partition coefficient (Wildman–Crippen LogP) is 3.28. The van der Waals surface area contributed by atoms with E-state index in [9.17, 15) is 0 Å². The third-order valence-corrected chi connectivity index (χ3v) is 3.74. The molecule has 0 aliphatic rings. The van der Waals surface area contributed by atoms with Crippen LogP contribution in [0.3, 0.4) is 0 Å². The fourth-order valence-corrected chi connectivity index (χ4v) is 2.53. The minimum atomic E-state index is 0.271. The van der Waals surface area contributed by atoms with Crippen LogP contribution in [0.5, 0.6) is 0 Å². The molecule has 1 aromatic heterocycles. The van der Waals surface area contributed by atoms with Crippen LogP contribution in [0.25, 0.3) is 0 Å². The molecular formula is C15H20ClN3. The first-order valence-corrected chi connectivity index (χ1v) is 6.95. The zero-order valence-electron chi connectivity index (χ0n) is 11.7. The number of rotatable bonds is 5. The normalized spacial score (nSPS) is 12.6. The Bertz CT molecular complexity index is 548. The molecule has 3 nitrogen and oxygen atoms in total. The highest BCUT2D eigenvalue weighted by Crippen LogP contribution is 2.26. The van der Waals surface area contributed by atoms with Gasteiger partial charge in [-0.2, -0.15) is 5.10 Å². The first-order chi connectivity index (χ1) is 9.11. The number of aryl methyl sites for hydroxylation is 1. The Labute approximate surface area is 119 Å². The van der Waals surface area contributed by atoms with Crippen molar-refractivity contribution in [2.75, 3.05) is 6.54 Å². The van der Waals surface area contributed by atoms with E-state index in [1.165, 1.54) is 11.1 Å². The molecule has 2 aromatic rings. The summed E-state index contributed by atoms with van der Waals surface area (Å²) in [5.41, 5.74) is 3.64. The van der Waals surface area contributed by atoms with E-state index in [0.717, 1.165) is 23.6 Å². The van der Waals surface area contributed by atoms with Crippen LogP contribution in [0.4, 0.5) is 0 Å². The number of likely N-dealkylation sites (N-methyl/N-ethyl adjacent to an activating group) is 1. The Morgan fingerprint density at radius 3 is 2.84 bits per heavy atom. The summed E-state index contributed by atoms with van der Waals surface area (Å²) in [5, 5.41) is 8.58. The van der Waals surface area contributed by atoms with Gasteiger partial charge in [-0.1, -0.05) is 30.7 Å². The minimum absolute atomic E-state index is 0.271. The molecule has 0 amide bonds. The highest BCUT2D eigenvalue weighted by Gasteiger charge is 2.15. The first kappa shape index (κ1) is 14.1. The van der Waals surface area contributed by atoms with Crippen LogP contribution in [0.2, 0.25) is 5.02 Å². The molecule has 0 saturated heterocycles. The van der Waals surface area contributed by atoms with Crippen molar-refractivity contribution in [2.45, 2.75) is 26.3 Å². The fourth-order valence-electron chi connectivity index (χ4n) is 2.35. The third kappa shape index (κ3) is 3.37. The Balaban J connectivity index is 2.26. The second kappa shape index (κ2) is 6.22. The highest BCUT2D eigenvalue weighted by molar-refractivity contribution is 6.31. The van der Waals surface area contributed by atoms with Gasteiger partial charge < -0.3 is 5.32 Å². The van der Waals surface area contributed by atoms with Gasteiger partial charge in [-0.05, 0) is 42.6 Å². The van der Waals surface area contributed by atoms with Gasteiger partial charge in [0, 0.05) is 24.3 Å². The zero-order chi connectivity index (χ0) is 13.8. The topological polar surface area (TPSA) is 29.9 Å². The smallest absolute Gasteiger partial charge is 0.0522 e. The first-order valence-electron chi connectivity index (χ1n) is 6.57. The van der Waals surface area contributed by atoms with Crippen molar-refractivity contribution in [3.05, 3.63) is 52.3 Å². The van der Waals surface area contributed by atoms with Crippen LogP contribution in [0, 0.1) is 6.92 Å². The molecule has 0 aliphatic heterocycles. The Morgan fingerprint density at radius 2 is 2.21 bits per heavy atom. The quantitative estimate of drug-likeness (QED) is 0.909. The summed E-state index contributed by atoms with van der Waals surface area (Å²) < 4.78 is 1.84.